The van der Waals surface area contributed by atoms with Gasteiger partial charge < -0.3 is 15.4 Å². The van der Waals surface area contributed by atoms with Crippen molar-refractivity contribution in [3.05, 3.63) is 28.2 Å². The molecule has 0 aliphatic rings. The van der Waals surface area contributed by atoms with Gasteiger partial charge in [0, 0.05) is 17.6 Å². The van der Waals surface area contributed by atoms with Crippen molar-refractivity contribution in [3.8, 4) is 5.75 Å². The summed E-state index contributed by atoms with van der Waals surface area (Å²) in [5.41, 5.74) is 1.10. The number of ether oxygens (including phenoxy) is 1. The van der Waals surface area contributed by atoms with E-state index in [1.54, 1.807) is 0 Å². The van der Waals surface area contributed by atoms with Crippen LogP contribution >= 0.6 is 15.9 Å². The van der Waals surface area contributed by atoms with E-state index in [9.17, 15) is 4.79 Å². The van der Waals surface area contributed by atoms with Gasteiger partial charge in [-0.15, -0.1) is 0 Å². The average molecular weight is 343 g/mol. The number of amides is 1. The molecule has 5 heteroatoms. The van der Waals surface area contributed by atoms with Crippen LogP contribution in [0, 0.1) is 5.92 Å². The van der Waals surface area contributed by atoms with Gasteiger partial charge in [0.15, 0.2) is 6.61 Å². The highest BCUT2D eigenvalue weighted by Gasteiger charge is 2.05. The molecule has 4 nitrogen and oxygen atoms in total. The van der Waals surface area contributed by atoms with E-state index in [2.05, 4.69) is 40.4 Å². The van der Waals surface area contributed by atoms with E-state index in [1.165, 1.54) is 0 Å². The highest BCUT2D eigenvalue weighted by Crippen LogP contribution is 2.22. The monoisotopic (exact) mass is 342 g/mol. The van der Waals surface area contributed by atoms with E-state index in [4.69, 9.17) is 4.74 Å². The molecule has 20 heavy (non-hydrogen) atoms. The molecule has 0 aliphatic heterocycles. The molecule has 0 fully saturated rings. The van der Waals surface area contributed by atoms with Gasteiger partial charge in [-0.2, -0.15) is 0 Å². The van der Waals surface area contributed by atoms with Crippen molar-refractivity contribution < 1.29 is 9.53 Å². The highest BCUT2D eigenvalue weighted by molar-refractivity contribution is 9.10. The van der Waals surface area contributed by atoms with E-state index in [1.807, 2.05) is 25.2 Å². The van der Waals surface area contributed by atoms with Crippen LogP contribution in [0.25, 0.3) is 0 Å². The van der Waals surface area contributed by atoms with E-state index in [0.717, 1.165) is 23.0 Å². The Morgan fingerprint density at radius 3 is 2.80 bits per heavy atom. The molecule has 0 unspecified atom stereocenters. The first-order chi connectivity index (χ1) is 9.52. The first-order valence-electron chi connectivity index (χ1n) is 6.85. The van der Waals surface area contributed by atoms with Crippen molar-refractivity contribution in [3.63, 3.8) is 0 Å². The Kier molecular flexibility index (Phi) is 7.62. The second-order valence-corrected chi connectivity index (χ2v) is 5.96. The molecule has 0 bridgehead atoms. The van der Waals surface area contributed by atoms with Gasteiger partial charge in [0.25, 0.3) is 5.91 Å². The molecule has 0 saturated carbocycles. The highest BCUT2D eigenvalue weighted by atomic mass is 79.9. The Morgan fingerprint density at radius 2 is 2.15 bits per heavy atom. The Morgan fingerprint density at radius 1 is 1.40 bits per heavy atom. The number of rotatable bonds is 8. The Balaban J connectivity index is 2.41. The quantitative estimate of drug-likeness (QED) is 0.763. The molecule has 0 atom stereocenters. The number of benzene rings is 1. The number of hydrogen-bond donors (Lipinski definition) is 2. The SMILES string of the molecule is CNCc1cc(OCC(=O)NCCC(C)C)ccc1Br. The summed E-state index contributed by atoms with van der Waals surface area (Å²) in [6.07, 6.45) is 0.982. The Hall–Kier alpha value is -1.07. The summed E-state index contributed by atoms with van der Waals surface area (Å²) in [5, 5.41) is 5.94. The lowest BCUT2D eigenvalue weighted by Gasteiger charge is -2.10. The summed E-state index contributed by atoms with van der Waals surface area (Å²) in [4.78, 5) is 11.6. The number of carbonyl (C=O) groups is 1. The zero-order valence-corrected chi connectivity index (χ0v) is 13.9. The standard InChI is InChI=1S/C15H23BrN2O2/c1-11(2)6-7-18-15(19)10-20-13-4-5-14(16)12(8-13)9-17-3/h4-5,8,11,17H,6-7,9-10H2,1-3H3,(H,18,19). The average Bonchev–Trinajstić information content (AvgIpc) is 2.39. The molecule has 0 spiro atoms. The fourth-order valence-electron chi connectivity index (χ4n) is 1.67. The number of halogens is 1. The van der Waals surface area contributed by atoms with Crippen LogP contribution in [0.5, 0.6) is 5.75 Å². The van der Waals surface area contributed by atoms with Crippen molar-refractivity contribution >= 4 is 21.8 Å². The normalized spacial score (nSPS) is 10.7. The molecular formula is C15H23BrN2O2. The van der Waals surface area contributed by atoms with Crippen molar-refractivity contribution in [2.75, 3.05) is 20.2 Å². The predicted molar refractivity (Wildman–Crippen MR) is 84.9 cm³/mol. The van der Waals surface area contributed by atoms with Crippen LogP contribution in [-0.4, -0.2) is 26.1 Å². The summed E-state index contributed by atoms with van der Waals surface area (Å²) < 4.78 is 6.53. The molecule has 1 aromatic carbocycles. The minimum Gasteiger partial charge on any atom is -0.484 e. The minimum absolute atomic E-state index is 0.0543. The van der Waals surface area contributed by atoms with Gasteiger partial charge in [0.1, 0.15) is 5.75 Å². The van der Waals surface area contributed by atoms with Crippen LogP contribution in [0.3, 0.4) is 0 Å². The lowest BCUT2D eigenvalue weighted by Crippen LogP contribution is -2.30. The van der Waals surface area contributed by atoms with E-state index in [-0.39, 0.29) is 12.5 Å². The summed E-state index contributed by atoms with van der Waals surface area (Å²) >= 11 is 3.48. The van der Waals surface area contributed by atoms with Gasteiger partial charge in [0.2, 0.25) is 0 Å². The zero-order valence-electron chi connectivity index (χ0n) is 12.3. The number of carbonyl (C=O) groups excluding carboxylic acids is 1. The maximum absolute atomic E-state index is 11.6. The van der Waals surface area contributed by atoms with Gasteiger partial charge in [-0.05, 0) is 43.1 Å². The van der Waals surface area contributed by atoms with Gasteiger partial charge in [-0.25, -0.2) is 0 Å². The molecule has 1 aromatic rings. The molecule has 0 heterocycles. The molecule has 0 aliphatic carbocycles. The second kappa shape index (κ2) is 8.97. The van der Waals surface area contributed by atoms with Crippen molar-refractivity contribution in [1.82, 2.24) is 10.6 Å². The first-order valence-corrected chi connectivity index (χ1v) is 7.64. The van der Waals surface area contributed by atoms with Crippen LogP contribution in [0.1, 0.15) is 25.8 Å². The lowest BCUT2D eigenvalue weighted by molar-refractivity contribution is -0.123. The maximum Gasteiger partial charge on any atom is 0.257 e. The van der Waals surface area contributed by atoms with Gasteiger partial charge in [-0.1, -0.05) is 29.8 Å². The van der Waals surface area contributed by atoms with Crippen LogP contribution < -0.4 is 15.4 Å². The van der Waals surface area contributed by atoms with Gasteiger partial charge in [0.05, 0.1) is 0 Å². The molecule has 1 rings (SSSR count). The minimum atomic E-state index is -0.0799. The predicted octanol–water partition coefficient (Wildman–Crippen LogP) is 2.71. The molecule has 0 aromatic heterocycles. The second-order valence-electron chi connectivity index (χ2n) is 5.10. The molecule has 0 radical (unpaired) electrons. The van der Waals surface area contributed by atoms with Crippen LogP contribution in [0.15, 0.2) is 22.7 Å². The lowest BCUT2D eigenvalue weighted by atomic mass is 10.1. The summed E-state index contributed by atoms with van der Waals surface area (Å²) in [6.45, 7) is 5.77. The van der Waals surface area contributed by atoms with Crippen molar-refractivity contribution in [2.45, 2.75) is 26.8 Å². The summed E-state index contributed by atoms with van der Waals surface area (Å²) in [7, 11) is 1.89. The topological polar surface area (TPSA) is 50.4 Å². The number of nitrogens with one attached hydrogen (secondary N) is 2. The Labute approximate surface area is 129 Å². The van der Waals surface area contributed by atoms with E-state index < -0.39 is 0 Å². The van der Waals surface area contributed by atoms with E-state index in [0.29, 0.717) is 18.2 Å². The number of hydrogen-bond acceptors (Lipinski definition) is 3. The summed E-state index contributed by atoms with van der Waals surface area (Å²) in [6, 6.07) is 5.71. The van der Waals surface area contributed by atoms with Gasteiger partial charge >= 0.3 is 0 Å². The van der Waals surface area contributed by atoms with Crippen molar-refractivity contribution in [1.29, 1.82) is 0 Å². The Bertz CT molecular complexity index is 436. The first kappa shape index (κ1) is 17.0. The molecule has 112 valence electrons. The fourth-order valence-corrected chi connectivity index (χ4v) is 2.05. The molecular weight excluding hydrogens is 320 g/mol. The molecule has 2 N–H and O–H groups in total. The smallest absolute Gasteiger partial charge is 0.257 e. The fraction of sp³-hybridized carbons (Fsp3) is 0.533. The third kappa shape index (κ3) is 6.39. The zero-order chi connectivity index (χ0) is 15.0. The third-order valence-electron chi connectivity index (χ3n) is 2.80. The molecule has 0 saturated heterocycles. The molecule has 1 amide bonds. The third-order valence-corrected chi connectivity index (χ3v) is 3.57. The van der Waals surface area contributed by atoms with Crippen molar-refractivity contribution in [2.24, 2.45) is 5.92 Å². The summed E-state index contributed by atoms with van der Waals surface area (Å²) in [5.74, 6) is 1.22. The van der Waals surface area contributed by atoms with Gasteiger partial charge in [-0.3, -0.25) is 4.79 Å². The van der Waals surface area contributed by atoms with E-state index >= 15 is 0 Å². The maximum atomic E-state index is 11.6. The largest absolute Gasteiger partial charge is 0.484 e. The van der Waals surface area contributed by atoms with Crippen LogP contribution in [-0.2, 0) is 11.3 Å². The van der Waals surface area contributed by atoms with Crippen LogP contribution in [0.2, 0.25) is 0 Å². The van der Waals surface area contributed by atoms with Crippen LogP contribution in [0.4, 0.5) is 0 Å².